The van der Waals surface area contributed by atoms with Gasteiger partial charge in [-0.3, -0.25) is 9.78 Å². The minimum Gasteiger partial charge on any atom is -0.497 e. The van der Waals surface area contributed by atoms with Crippen molar-refractivity contribution in [2.24, 2.45) is 11.8 Å². The van der Waals surface area contributed by atoms with E-state index in [-0.39, 0.29) is 18.3 Å². The lowest BCUT2D eigenvalue weighted by Gasteiger charge is -2.38. The van der Waals surface area contributed by atoms with Crippen molar-refractivity contribution < 1.29 is 19.0 Å². The summed E-state index contributed by atoms with van der Waals surface area (Å²) in [5.74, 6) is 0.222. The Bertz CT molecular complexity index is 1090. The lowest BCUT2D eigenvalue weighted by Crippen LogP contribution is -2.41. The highest BCUT2D eigenvalue weighted by Crippen LogP contribution is 2.36. The van der Waals surface area contributed by atoms with Gasteiger partial charge >= 0.3 is 5.97 Å². The second-order valence-corrected chi connectivity index (χ2v) is 10.4. The number of ether oxygens (including phenoxy) is 1. The number of fused-ring (bicyclic) bond motifs is 1. The van der Waals surface area contributed by atoms with Gasteiger partial charge in [0.05, 0.1) is 12.6 Å². The van der Waals surface area contributed by atoms with E-state index < -0.39 is 12.1 Å². The third-order valence-electron chi connectivity index (χ3n) is 7.29. The predicted molar refractivity (Wildman–Crippen MR) is 139 cm³/mol. The Morgan fingerprint density at radius 3 is 2.94 bits per heavy atom. The number of pyridine rings is 1. The van der Waals surface area contributed by atoms with Crippen LogP contribution in [0.4, 0.5) is 4.39 Å². The molecule has 1 saturated heterocycles. The van der Waals surface area contributed by atoms with Crippen LogP contribution in [0.15, 0.2) is 47.3 Å². The van der Waals surface area contributed by atoms with Crippen molar-refractivity contribution in [1.82, 2.24) is 9.88 Å². The molecule has 35 heavy (non-hydrogen) atoms. The van der Waals surface area contributed by atoms with Crippen LogP contribution >= 0.6 is 11.3 Å². The Kier molecular flexibility index (Phi) is 9.10. The second-order valence-electron chi connectivity index (χ2n) is 9.62. The number of unbranched alkanes of at least 4 members (excludes halogenated alkanes) is 1. The first-order valence-electron chi connectivity index (χ1n) is 12.6. The fourth-order valence-electron chi connectivity index (χ4n) is 5.36. The summed E-state index contributed by atoms with van der Waals surface area (Å²) < 4.78 is 20.8. The number of aryl methyl sites for hydroxylation is 1. The first-order chi connectivity index (χ1) is 17.0. The molecule has 5 nitrogen and oxygen atoms in total. The average Bonchev–Trinajstić information content (AvgIpc) is 3.38. The highest BCUT2D eigenvalue weighted by molar-refractivity contribution is 7.07. The van der Waals surface area contributed by atoms with E-state index in [4.69, 9.17) is 4.74 Å². The molecular weight excluding hydrogens is 463 g/mol. The van der Waals surface area contributed by atoms with Crippen molar-refractivity contribution in [2.75, 3.05) is 26.7 Å². The first-order valence-corrected chi connectivity index (χ1v) is 13.5. The van der Waals surface area contributed by atoms with Crippen molar-refractivity contribution in [2.45, 2.75) is 51.1 Å². The minimum absolute atomic E-state index is 0.0691. The van der Waals surface area contributed by atoms with E-state index >= 15 is 4.39 Å². The summed E-state index contributed by atoms with van der Waals surface area (Å²) in [6.07, 6.45) is 6.07. The molecule has 188 valence electrons. The van der Waals surface area contributed by atoms with Gasteiger partial charge in [0.25, 0.3) is 0 Å². The van der Waals surface area contributed by atoms with Gasteiger partial charge in [-0.1, -0.05) is 0 Å². The van der Waals surface area contributed by atoms with Crippen LogP contribution in [0.25, 0.3) is 10.9 Å². The van der Waals surface area contributed by atoms with Gasteiger partial charge in [0.15, 0.2) is 0 Å². The van der Waals surface area contributed by atoms with Crippen LogP contribution in [0.5, 0.6) is 5.75 Å². The Balaban J connectivity index is 1.32. The monoisotopic (exact) mass is 498 g/mol. The summed E-state index contributed by atoms with van der Waals surface area (Å²) in [5, 5.41) is 14.6. The molecule has 1 unspecified atom stereocenters. The maximum atomic E-state index is 15.4. The van der Waals surface area contributed by atoms with E-state index in [1.54, 1.807) is 30.7 Å². The number of thiophene rings is 1. The molecule has 1 aliphatic rings. The smallest absolute Gasteiger partial charge is 0.303 e. The van der Waals surface area contributed by atoms with Crippen molar-refractivity contribution in [3.05, 3.63) is 58.4 Å². The van der Waals surface area contributed by atoms with Crippen LogP contribution in [0.2, 0.25) is 0 Å². The number of hydrogen-bond donors (Lipinski definition) is 1. The molecule has 2 aromatic heterocycles. The zero-order valence-electron chi connectivity index (χ0n) is 20.4. The van der Waals surface area contributed by atoms with Gasteiger partial charge in [0, 0.05) is 24.5 Å². The number of carboxylic acid groups (broad SMARTS) is 1. The van der Waals surface area contributed by atoms with Gasteiger partial charge in [0.2, 0.25) is 0 Å². The molecule has 0 radical (unpaired) electrons. The molecule has 3 aromatic rings. The number of aliphatic carboxylic acids is 1. The van der Waals surface area contributed by atoms with Crippen LogP contribution in [0, 0.1) is 11.8 Å². The van der Waals surface area contributed by atoms with Crippen LogP contribution in [0.1, 0.15) is 55.8 Å². The Morgan fingerprint density at radius 1 is 1.29 bits per heavy atom. The third-order valence-corrected chi connectivity index (χ3v) is 8.03. The summed E-state index contributed by atoms with van der Waals surface area (Å²) in [6, 6.07) is 9.46. The number of alkyl halides is 1. The molecular formula is C28H35FN2O3S. The van der Waals surface area contributed by atoms with E-state index in [1.807, 2.05) is 18.2 Å². The SMILES string of the molecule is COc1ccc2nccc(C(F)CC[C@@H]3CCN(CCCCc4ccsc4)C[C@@H]3CC(=O)O)c2c1. The van der Waals surface area contributed by atoms with Crippen molar-refractivity contribution in [1.29, 1.82) is 0 Å². The topological polar surface area (TPSA) is 62.7 Å². The van der Waals surface area contributed by atoms with Crippen molar-refractivity contribution in [3.63, 3.8) is 0 Å². The third kappa shape index (κ3) is 7.01. The number of nitrogens with zero attached hydrogens (tertiary/aromatic N) is 2. The van der Waals surface area contributed by atoms with E-state index in [0.717, 1.165) is 56.2 Å². The molecule has 1 aliphatic heterocycles. The highest BCUT2D eigenvalue weighted by Gasteiger charge is 2.31. The average molecular weight is 499 g/mol. The predicted octanol–water partition coefficient (Wildman–Crippen LogP) is 6.53. The second kappa shape index (κ2) is 12.5. The maximum absolute atomic E-state index is 15.4. The molecule has 1 fully saturated rings. The molecule has 1 N–H and O–H groups in total. The zero-order chi connectivity index (χ0) is 24.6. The van der Waals surface area contributed by atoms with Crippen LogP contribution in [0.3, 0.4) is 0 Å². The highest BCUT2D eigenvalue weighted by atomic mass is 32.1. The number of carboxylic acids is 1. The number of hydrogen-bond acceptors (Lipinski definition) is 5. The summed E-state index contributed by atoms with van der Waals surface area (Å²) >= 11 is 1.74. The van der Waals surface area contributed by atoms with Gasteiger partial charge < -0.3 is 14.7 Å². The number of aromatic nitrogens is 1. The van der Waals surface area contributed by atoms with E-state index in [1.165, 1.54) is 5.56 Å². The number of likely N-dealkylation sites (tertiary alicyclic amines) is 1. The molecule has 7 heteroatoms. The molecule has 0 spiro atoms. The van der Waals surface area contributed by atoms with E-state index in [0.29, 0.717) is 24.2 Å². The van der Waals surface area contributed by atoms with Gasteiger partial charge in [-0.25, -0.2) is 4.39 Å². The Hall–Kier alpha value is -2.51. The number of piperidine rings is 1. The summed E-state index contributed by atoms with van der Waals surface area (Å²) in [5.41, 5.74) is 2.78. The Labute approximate surface area is 210 Å². The number of carbonyl (C=O) groups is 1. The standard InChI is InChI=1S/C28H35FN2O3S/c1-34-23-6-8-27-25(17-23)24(9-12-30-27)26(29)7-5-21-10-14-31(18-22(21)16-28(32)33)13-3-2-4-20-11-15-35-19-20/h6,8-9,11-12,15,17,19,21-22,26H,2-5,7,10,13-14,16,18H2,1H3,(H,32,33)/t21-,22+,26?/m1/s1. The van der Waals surface area contributed by atoms with Gasteiger partial charge in [-0.15, -0.1) is 0 Å². The van der Waals surface area contributed by atoms with E-state index in [2.05, 4.69) is 26.7 Å². The van der Waals surface area contributed by atoms with Crippen molar-refractivity contribution >= 4 is 28.2 Å². The molecule has 3 heterocycles. The molecule has 0 bridgehead atoms. The fraction of sp³-hybridized carbons (Fsp3) is 0.500. The van der Waals surface area contributed by atoms with Crippen LogP contribution in [-0.2, 0) is 11.2 Å². The number of halogens is 1. The number of methoxy groups -OCH3 is 1. The largest absolute Gasteiger partial charge is 0.497 e. The van der Waals surface area contributed by atoms with Crippen molar-refractivity contribution in [3.8, 4) is 5.75 Å². The lowest BCUT2D eigenvalue weighted by atomic mass is 9.79. The molecule has 0 amide bonds. The maximum Gasteiger partial charge on any atom is 0.303 e. The summed E-state index contributed by atoms with van der Waals surface area (Å²) in [6.45, 7) is 2.76. The van der Waals surface area contributed by atoms with E-state index in [9.17, 15) is 9.90 Å². The normalized spacial score (nSPS) is 19.6. The summed E-state index contributed by atoms with van der Waals surface area (Å²) in [7, 11) is 1.60. The van der Waals surface area contributed by atoms with Crippen LogP contribution in [-0.4, -0.2) is 47.7 Å². The lowest BCUT2D eigenvalue weighted by molar-refractivity contribution is -0.139. The van der Waals surface area contributed by atoms with Gasteiger partial charge in [-0.2, -0.15) is 11.3 Å². The number of rotatable bonds is 12. The number of benzene rings is 1. The summed E-state index contributed by atoms with van der Waals surface area (Å²) in [4.78, 5) is 18.3. The fourth-order valence-corrected chi connectivity index (χ4v) is 6.06. The van der Waals surface area contributed by atoms with Crippen LogP contribution < -0.4 is 4.74 Å². The van der Waals surface area contributed by atoms with Gasteiger partial charge in [-0.05, 0) is 116 Å². The minimum atomic E-state index is -1.12. The quantitative estimate of drug-likeness (QED) is 0.288. The van der Waals surface area contributed by atoms with Gasteiger partial charge in [0.1, 0.15) is 11.9 Å². The molecule has 4 rings (SSSR count). The first kappa shape index (κ1) is 25.6. The molecule has 1 aromatic carbocycles. The molecule has 0 saturated carbocycles. The molecule has 3 atom stereocenters. The molecule has 0 aliphatic carbocycles. The Morgan fingerprint density at radius 2 is 2.17 bits per heavy atom. The zero-order valence-corrected chi connectivity index (χ0v) is 21.2.